The number of carbonyl (C=O) groups is 1. The predicted molar refractivity (Wildman–Crippen MR) is 79.5 cm³/mol. The maximum Gasteiger partial charge on any atom is 0.315 e. The van der Waals surface area contributed by atoms with Crippen molar-refractivity contribution in [3.8, 4) is 0 Å². The number of carbonyl (C=O) groups excluding carboxylic acids is 1. The third-order valence-corrected chi connectivity index (χ3v) is 3.21. The third-order valence-electron chi connectivity index (χ3n) is 3.21. The SMILES string of the molecule is C[C@H](Cn1ccnc1)NC(=O)NC[C@H](O)c1ccc(F)c(F)c1. The molecular weight excluding hydrogens is 306 g/mol. The van der Waals surface area contributed by atoms with Crippen LogP contribution >= 0.6 is 0 Å². The van der Waals surface area contributed by atoms with Crippen LogP contribution in [0.25, 0.3) is 0 Å². The highest BCUT2D eigenvalue weighted by Gasteiger charge is 2.13. The van der Waals surface area contributed by atoms with Crippen LogP contribution < -0.4 is 10.6 Å². The summed E-state index contributed by atoms with van der Waals surface area (Å²) in [5.74, 6) is -2.03. The molecule has 0 aliphatic rings. The Kier molecular flexibility index (Phi) is 5.64. The van der Waals surface area contributed by atoms with E-state index in [2.05, 4.69) is 15.6 Å². The van der Waals surface area contributed by atoms with Crippen LogP contribution in [0.5, 0.6) is 0 Å². The number of nitrogens with one attached hydrogen (secondary N) is 2. The van der Waals surface area contributed by atoms with Gasteiger partial charge in [-0.15, -0.1) is 0 Å². The summed E-state index contributed by atoms with van der Waals surface area (Å²) < 4.78 is 27.8. The van der Waals surface area contributed by atoms with E-state index >= 15 is 0 Å². The largest absolute Gasteiger partial charge is 0.387 e. The topological polar surface area (TPSA) is 79.2 Å². The van der Waals surface area contributed by atoms with E-state index in [1.807, 2.05) is 11.5 Å². The zero-order valence-corrected chi connectivity index (χ0v) is 12.5. The number of halogens is 2. The lowest BCUT2D eigenvalue weighted by atomic mass is 10.1. The van der Waals surface area contributed by atoms with Gasteiger partial charge >= 0.3 is 6.03 Å². The van der Waals surface area contributed by atoms with Crippen molar-refractivity contribution in [2.45, 2.75) is 25.6 Å². The molecule has 2 rings (SSSR count). The average molecular weight is 324 g/mol. The number of rotatable bonds is 6. The van der Waals surface area contributed by atoms with Gasteiger partial charge in [0.05, 0.1) is 12.4 Å². The number of aromatic nitrogens is 2. The Balaban J connectivity index is 1.77. The molecule has 1 aromatic carbocycles. The first-order chi connectivity index (χ1) is 11.0. The number of aliphatic hydroxyl groups excluding tert-OH is 1. The summed E-state index contributed by atoms with van der Waals surface area (Å²) in [6.45, 7) is 2.26. The van der Waals surface area contributed by atoms with E-state index in [4.69, 9.17) is 0 Å². The number of hydrogen-bond acceptors (Lipinski definition) is 3. The van der Waals surface area contributed by atoms with Crippen LogP contribution in [0.1, 0.15) is 18.6 Å². The van der Waals surface area contributed by atoms with E-state index in [1.165, 1.54) is 6.07 Å². The Morgan fingerprint density at radius 3 is 2.83 bits per heavy atom. The van der Waals surface area contributed by atoms with Crippen LogP contribution in [-0.4, -0.2) is 33.3 Å². The molecule has 0 unspecified atom stereocenters. The Morgan fingerprint density at radius 1 is 1.39 bits per heavy atom. The summed E-state index contributed by atoms with van der Waals surface area (Å²) >= 11 is 0. The summed E-state index contributed by atoms with van der Waals surface area (Å²) in [6, 6.07) is 2.50. The Bertz CT molecular complexity index is 649. The highest BCUT2D eigenvalue weighted by Crippen LogP contribution is 2.15. The van der Waals surface area contributed by atoms with Gasteiger partial charge in [-0.05, 0) is 24.6 Å². The van der Waals surface area contributed by atoms with Crippen LogP contribution in [-0.2, 0) is 6.54 Å². The van der Waals surface area contributed by atoms with Crippen molar-refractivity contribution in [1.29, 1.82) is 0 Å². The molecule has 0 saturated carbocycles. The third kappa shape index (κ3) is 5.03. The molecule has 2 atom stereocenters. The number of hydrogen-bond donors (Lipinski definition) is 3. The molecule has 8 heteroatoms. The molecule has 0 saturated heterocycles. The Labute approximate surface area is 132 Å². The molecule has 0 bridgehead atoms. The van der Waals surface area contributed by atoms with Crippen LogP contribution in [0.4, 0.5) is 13.6 Å². The van der Waals surface area contributed by atoms with Crippen molar-refractivity contribution in [3.63, 3.8) is 0 Å². The second-order valence-electron chi connectivity index (χ2n) is 5.20. The second kappa shape index (κ2) is 7.68. The van der Waals surface area contributed by atoms with Gasteiger partial charge in [-0.1, -0.05) is 6.07 Å². The van der Waals surface area contributed by atoms with Gasteiger partial charge in [0.1, 0.15) is 0 Å². The van der Waals surface area contributed by atoms with Gasteiger partial charge in [0.25, 0.3) is 0 Å². The van der Waals surface area contributed by atoms with E-state index in [9.17, 15) is 18.7 Å². The molecule has 1 heterocycles. The van der Waals surface area contributed by atoms with E-state index in [1.54, 1.807) is 18.7 Å². The van der Waals surface area contributed by atoms with Gasteiger partial charge in [-0.2, -0.15) is 0 Å². The zero-order valence-electron chi connectivity index (χ0n) is 12.5. The lowest BCUT2D eigenvalue weighted by molar-refractivity contribution is 0.172. The first-order valence-corrected chi connectivity index (χ1v) is 7.09. The zero-order chi connectivity index (χ0) is 16.8. The fraction of sp³-hybridized carbons (Fsp3) is 0.333. The molecule has 23 heavy (non-hydrogen) atoms. The monoisotopic (exact) mass is 324 g/mol. The van der Waals surface area contributed by atoms with Crippen molar-refractivity contribution < 1.29 is 18.7 Å². The quantitative estimate of drug-likeness (QED) is 0.755. The number of nitrogens with zero attached hydrogens (tertiary/aromatic N) is 2. The van der Waals surface area contributed by atoms with Gasteiger partial charge < -0.3 is 20.3 Å². The van der Waals surface area contributed by atoms with E-state index < -0.39 is 23.8 Å². The summed E-state index contributed by atoms with van der Waals surface area (Å²) in [6.07, 6.45) is 3.94. The minimum Gasteiger partial charge on any atom is -0.387 e. The summed E-state index contributed by atoms with van der Waals surface area (Å²) in [5, 5.41) is 15.1. The molecule has 0 spiro atoms. The second-order valence-corrected chi connectivity index (χ2v) is 5.20. The van der Waals surface area contributed by atoms with Crippen molar-refractivity contribution in [1.82, 2.24) is 20.2 Å². The van der Waals surface area contributed by atoms with Gasteiger partial charge in [0, 0.05) is 31.5 Å². The van der Waals surface area contributed by atoms with Crippen molar-refractivity contribution >= 4 is 6.03 Å². The maximum absolute atomic E-state index is 13.1. The molecule has 3 N–H and O–H groups in total. The molecule has 0 fully saturated rings. The van der Waals surface area contributed by atoms with E-state index in [-0.39, 0.29) is 18.2 Å². The lowest BCUT2D eigenvalue weighted by Crippen LogP contribution is -2.43. The average Bonchev–Trinajstić information content (AvgIpc) is 3.00. The highest BCUT2D eigenvalue weighted by molar-refractivity contribution is 5.74. The molecule has 124 valence electrons. The molecule has 0 radical (unpaired) electrons. The van der Waals surface area contributed by atoms with Crippen molar-refractivity contribution in [2.75, 3.05) is 6.54 Å². The Hall–Kier alpha value is -2.48. The summed E-state index contributed by atoms with van der Waals surface area (Å²) in [4.78, 5) is 15.7. The normalized spacial score (nSPS) is 13.4. The van der Waals surface area contributed by atoms with Gasteiger partial charge in [0.2, 0.25) is 0 Å². The van der Waals surface area contributed by atoms with Gasteiger partial charge in [-0.3, -0.25) is 0 Å². The number of benzene rings is 1. The van der Waals surface area contributed by atoms with Crippen LogP contribution in [0, 0.1) is 11.6 Å². The molecule has 2 amide bonds. The van der Waals surface area contributed by atoms with Crippen LogP contribution in [0.2, 0.25) is 0 Å². The smallest absolute Gasteiger partial charge is 0.315 e. The van der Waals surface area contributed by atoms with E-state index in [0.717, 1.165) is 12.1 Å². The van der Waals surface area contributed by atoms with Crippen molar-refractivity contribution in [2.24, 2.45) is 0 Å². The Morgan fingerprint density at radius 2 is 2.17 bits per heavy atom. The van der Waals surface area contributed by atoms with Crippen molar-refractivity contribution in [3.05, 3.63) is 54.1 Å². The molecule has 1 aromatic heterocycles. The molecule has 0 aliphatic carbocycles. The summed E-state index contributed by atoms with van der Waals surface area (Å²) in [7, 11) is 0. The fourth-order valence-electron chi connectivity index (χ4n) is 2.06. The number of aliphatic hydroxyl groups is 1. The predicted octanol–water partition coefficient (Wildman–Crippen LogP) is 1.58. The molecule has 2 aromatic rings. The van der Waals surface area contributed by atoms with Gasteiger partial charge in [-0.25, -0.2) is 18.6 Å². The highest BCUT2D eigenvalue weighted by atomic mass is 19.2. The van der Waals surface area contributed by atoms with E-state index in [0.29, 0.717) is 6.54 Å². The number of amides is 2. The number of imidazole rings is 1. The van der Waals surface area contributed by atoms with Crippen LogP contribution in [0.15, 0.2) is 36.9 Å². The lowest BCUT2D eigenvalue weighted by Gasteiger charge is -2.17. The molecule has 0 aliphatic heterocycles. The van der Waals surface area contributed by atoms with Crippen LogP contribution in [0.3, 0.4) is 0 Å². The first-order valence-electron chi connectivity index (χ1n) is 7.09. The summed E-state index contributed by atoms with van der Waals surface area (Å²) in [5.41, 5.74) is 0.190. The minimum atomic E-state index is -1.13. The molecular formula is C15H18F2N4O2. The maximum atomic E-state index is 13.1. The molecule has 6 nitrogen and oxygen atoms in total. The first kappa shape index (κ1) is 16.9. The fourth-order valence-corrected chi connectivity index (χ4v) is 2.06. The minimum absolute atomic E-state index is 0.116. The van der Waals surface area contributed by atoms with Gasteiger partial charge in [0.15, 0.2) is 11.6 Å². The number of urea groups is 1. The standard InChI is InChI=1S/C15H18F2N4O2/c1-10(8-21-5-4-18-9-21)20-15(23)19-7-14(22)11-2-3-12(16)13(17)6-11/h2-6,9-10,14,22H,7-8H2,1H3,(H2,19,20,23)/t10-,14+/m1/s1.